The van der Waals surface area contributed by atoms with E-state index >= 15 is 0 Å². The minimum Gasteiger partial charge on any atom is -0.394 e. The molecule has 1 fully saturated rings. The lowest BCUT2D eigenvalue weighted by atomic mass is 9.98. The van der Waals surface area contributed by atoms with Crippen molar-refractivity contribution in [1.29, 1.82) is 0 Å². The summed E-state index contributed by atoms with van der Waals surface area (Å²) in [7, 11) is 0. The van der Waals surface area contributed by atoms with Crippen LogP contribution < -0.4 is 0 Å². The summed E-state index contributed by atoms with van der Waals surface area (Å²) >= 11 is 0. The summed E-state index contributed by atoms with van der Waals surface area (Å²) in [5.74, 6) is -0.233. The average Bonchev–Trinajstić information content (AvgIpc) is 2.58. The number of carbonyl (C=O) groups excluding carboxylic acids is 1. The van der Waals surface area contributed by atoms with Crippen LogP contribution in [0.1, 0.15) is 45.4 Å². The zero-order chi connectivity index (χ0) is 18.1. The van der Waals surface area contributed by atoms with Gasteiger partial charge in [0.25, 0.3) is 0 Å². The summed E-state index contributed by atoms with van der Waals surface area (Å²) < 4.78 is 5.21. The van der Waals surface area contributed by atoms with Gasteiger partial charge in [-0.3, -0.25) is 4.79 Å². The van der Waals surface area contributed by atoms with Gasteiger partial charge >= 0.3 is 0 Å². The summed E-state index contributed by atoms with van der Waals surface area (Å²) in [5.41, 5.74) is 0. The van der Waals surface area contributed by atoms with Gasteiger partial charge in [-0.25, -0.2) is 5.01 Å². The maximum Gasteiger partial charge on any atom is 0.178 e. The van der Waals surface area contributed by atoms with Crippen molar-refractivity contribution in [3.8, 4) is 0 Å². The van der Waals surface area contributed by atoms with Crippen LogP contribution in [0.15, 0.2) is 5.29 Å². The molecule has 0 saturated carbocycles. The van der Waals surface area contributed by atoms with Crippen LogP contribution in [0.2, 0.25) is 0 Å². The zero-order valence-electron chi connectivity index (χ0n) is 14.0. The van der Waals surface area contributed by atoms with Crippen LogP contribution in [-0.4, -0.2) is 75.0 Å². The van der Waals surface area contributed by atoms with Crippen LogP contribution in [0.25, 0.3) is 0 Å². The number of ether oxygens (including phenoxy) is 1. The minimum atomic E-state index is -1.63. The maximum absolute atomic E-state index is 12.0. The summed E-state index contributed by atoms with van der Waals surface area (Å²) in [4.78, 5) is 23.0. The standard InChI is InChI=1S/C15H28N2O7/c1-2-3-4-5-6-7-10(19)8-17(16-23)15-14(22)13(21)12(20)11(9-18)24-15/h11-15,18,20-22H,2-9H2,1H3. The summed E-state index contributed by atoms with van der Waals surface area (Å²) in [6.45, 7) is 1.12. The molecule has 140 valence electrons. The van der Waals surface area contributed by atoms with Crippen LogP contribution in [0.4, 0.5) is 0 Å². The molecular weight excluding hydrogens is 320 g/mol. The van der Waals surface area contributed by atoms with E-state index in [9.17, 15) is 25.0 Å². The van der Waals surface area contributed by atoms with Gasteiger partial charge in [-0.15, -0.1) is 4.91 Å². The van der Waals surface area contributed by atoms with Gasteiger partial charge in [0.1, 0.15) is 31.0 Å². The Bertz CT molecular complexity index is 394. The van der Waals surface area contributed by atoms with Crippen LogP contribution >= 0.6 is 0 Å². The van der Waals surface area contributed by atoms with Gasteiger partial charge in [0, 0.05) is 6.42 Å². The maximum atomic E-state index is 12.0. The first-order chi connectivity index (χ1) is 11.5. The molecule has 0 amide bonds. The van der Waals surface area contributed by atoms with Gasteiger partial charge in [-0.2, -0.15) is 0 Å². The lowest BCUT2D eigenvalue weighted by Gasteiger charge is -2.42. The number of hydrogen-bond donors (Lipinski definition) is 4. The Kier molecular flexibility index (Phi) is 9.30. The largest absolute Gasteiger partial charge is 0.394 e. The topological polar surface area (TPSA) is 140 Å². The molecule has 1 aliphatic rings. The molecule has 24 heavy (non-hydrogen) atoms. The van der Waals surface area contributed by atoms with E-state index in [1.54, 1.807) is 0 Å². The molecule has 0 aliphatic carbocycles. The second-order valence-electron chi connectivity index (χ2n) is 6.10. The van der Waals surface area contributed by atoms with Crippen molar-refractivity contribution in [3.05, 3.63) is 4.91 Å². The van der Waals surface area contributed by atoms with Crippen molar-refractivity contribution < 1.29 is 30.0 Å². The van der Waals surface area contributed by atoms with Crippen molar-refractivity contribution in [3.63, 3.8) is 0 Å². The Morgan fingerprint density at radius 2 is 1.75 bits per heavy atom. The van der Waals surface area contributed by atoms with Gasteiger partial charge in [0.2, 0.25) is 0 Å². The molecule has 5 unspecified atom stereocenters. The second kappa shape index (κ2) is 10.7. The van der Waals surface area contributed by atoms with Gasteiger partial charge in [-0.05, 0) is 6.42 Å². The highest BCUT2D eigenvalue weighted by molar-refractivity contribution is 5.80. The van der Waals surface area contributed by atoms with Crippen molar-refractivity contribution >= 4 is 5.78 Å². The monoisotopic (exact) mass is 348 g/mol. The highest BCUT2D eigenvalue weighted by Gasteiger charge is 2.46. The highest BCUT2D eigenvalue weighted by atomic mass is 16.6. The Morgan fingerprint density at radius 3 is 2.33 bits per heavy atom. The first kappa shape index (κ1) is 20.9. The number of nitroso groups, excluding NO2 is 1. The molecule has 9 nitrogen and oxygen atoms in total. The van der Waals surface area contributed by atoms with E-state index in [-0.39, 0.29) is 18.7 Å². The molecule has 0 bridgehead atoms. The molecule has 0 aromatic rings. The van der Waals surface area contributed by atoms with E-state index in [0.29, 0.717) is 11.4 Å². The van der Waals surface area contributed by atoms with Crippen molar-refractivity contribution in [1.82, 2.24) is 5.01 Å². The minimum absolute atomic E-state index is 0.233. The second-order valence-corrected chi connectivity index (χ2v) is 6.10. The fourth-order valence-electron chi connectivity index (χ4n) is 2.68. The molecule has 0 spiro atoms. The third-order valence-corrected chi connectivity index (χ3v) is 4.16. The number of unbranched alkanes of at least 4 members (excludes halogenated alkanes) is 4. The number of rotatable bonds is 11. The summed E-state index contributed by atoms with van der Waals surface area (Å²) in [5, 5.41) is 41.9. The third-order valence-electron chi connectivity index (χ3n) is 4.16. The van der Waals surface area contributed by atoms with Crippen LogP contribution in [0, 0.1) is 4.91 Å². The van der Waals surface area contributed by atoms with E-state index in [4.69, 9.17) is 9.84 Å². The van der Waals surface area contributed by atoms with Gasteiger partial charge < -0.3 is 25.2 Å². The molecule has 5 atom stereocenters. The van der Waals surface area contributed by atoms with Crippen LogP contribution in [0.3, 0.4) is 0 Å². The Balaban J connectivity index is 2.55. The summed E-state index contributed by atoms with van der Waals surface area (Å²) in [6, 6.07) is 0. The van der Waals surface area contributed by atoms with E-state index < -0.39 is 37.3 Å². The number of nitrogens with zero attached hydrogens (tertiary/aromatic N) is 2. The number of carbonyl (C=O) groups is 1. The first-order valence-corrected chi connectivity index (χ1v) is 8.38. The van der Waals surface area contributed by atoms with Crippen LogP contribution in [-0.2, 0) is 9.53 Å². The molecule has 4 N–H and O–H groups in total. The van der Waals surface area contributed by atoms with E-state index in [2.05, 4.69) is 12.2 Å². The van der Waals surface area contributed by atoms with E-state index in [1.807, 2.05) is 0 Å². The van der Waals surface area contributed by atoms with Gasteiger partial charge in [-0.1, -0.05) is 32.6 Å². The average molecular weight is 348 g/mol. The normalized spacial score (nSPS) is 30.1. The Hall–Kier alpha value is -1.13. The number of aliphatic hydroxyl groups is 4. The molecule has 1 heterocycles. The van der Waals surface area contributed by atoms with Crippen molar-refractivity contribution in [2.24, 2.45) is 5.29 Å². The van der Waals surface area contributed by atoms with Crippen LogP contribution in [0.5, 0.6) is 0 Å². The molecule has 0 aromatic carbocycles. The predicted octanol–water partition coefficient (Wildman–Crippen LogP) is -0.301. The SMILES string of the molecule is CCCCCCCC(=O)CN(N=O)C1OC(CO)C(O)C(O)C1O. The lowest BCUT2D eigenvalue weighted by molar-refractivity contribution is -0.265. The van der Waals surface area contributed by atoms with Gasteiger partial charge in [0.15, 0.2) is 12.0 Å². The van der Waals surface area contributed by atoms with E-state index in [0.717, 1.165) is 25.7 Å². The van der Waals surface area contributed by atoms with Gasteiger partial charge in [0.05, 0.1) is 11.9 Å². The number of hydrogen-bond acceptors (Lipinski definition) is 8. The first-order valence-electron chi connectivity index (χ1n) is 8.38. The summed E-state index contributed by atoms with van der Waals surface area (Å²) in [6.07, 6.45) is -2.14. The zero-order valence-corrected chi connectivity index (χ0v) is 14.0. The number of ketones is 1. The lowest BCUT2D eigenvalue weighted by Crippen LogP contribution is -2.62. The third kappa shape index (κ3) is 5.75. The Labute approximate surface area is 141 Å². The quantitative estimate of drug-likeness (QED) is 0.227. The predicted molar refractivity (Wildman–Crippen MR) is 84.7 cm³/mol. The molecule has 1 aliphatic heterocycles. The fraction of sp³-hybridized carbons (Fsp3) is 0.933. The molecule has 0 radical (unpaired) electrons. The molecule has 9 heteroatoms. The molecule has 1 saturated heterocycles. The number of aliphatic hydroxyl groups excluding tert-OH is 4. The fourth-order valence-corrected chi connectivity index (χ4v) is 2.68. The number of Topliss-reactive ketones (excluding diaryl/α,β-unsaturated/α-hetero) is 1. The molecular formula is C15H28N2O7. The van der Waals surface area contributed by atoms with Crippen molar-refractivity contribution in [2.75, 3.05) is 13.2 Å². The molecule has 1 rings (SSSR count). The van der Waals surface area contributed by atoms with Crippen molar-refractivity contribution in [2.45, 2.75) is 76.1 Å². The highest BCUT2D eigenvalue weighted by Crippen LogP contribution is 2.24. The smallest absolute Gasteiger partial charge is 0.178 e. The molecule has 0 aromatic heterocycles. The van der Waals surface area contributed by atoms with E-state index in [1.165, 1.54) is 0 Å². The Morgan fingerprint density at radius 1 is 1.08 bits per heavy atom.